The molecule has 0 amide bonds. The van der Waals surface area contributed by atoms with Gasteiger partial charge in [-0.05, 0) is 19.3 Å². The molecule has 1 aliphatic rings. The maximum Gasteiger partial charge on any atom is 0.136 e. The van der Waals surface area contributed by atoms with Crippen LogP contribution in [0.3, 0.4) is 0 Å². The van der Waals surface area contributed by atoms with E-state index in [2.05, 4.69) is 41.7 Å². The number of ether oxygens (including phenoxy) is 1. The number of nitrogens with one attached hydrogen (secondary N) is 1. The van der Waals surface area contributed by atoms with E-state index in [9.17, 15) is 0 Å². The average molecular weight is 329 g/mol. The van der Waals surface area contributed by atoms with E-state index < -0.39 is 0 Å². The highest BCUT2D eigenvalue weighted by molar-refractivity contribution is 5.43. The molecule has 3 rings (SSSR count). The van der Waals surface area contributed by atoms with E-state index in [1.165, 1.54) is 12.8 Å². The van der Waals surface area contributed by atoms with Crippen LogP contribution in [0, 0.1) is 0 Å². The summed E-state index contributed by atoms with van der Waals surface area (Å²) in [5.41, 5.74) is 0.824. The molecule has 24 heavy (non-hydrogen) atoms. The number of anilines is 1. The third kappa shape index (κ3) is 3.59. The molecule has 1 aliphatic heterocycles. The van der Waals surface area contributed by atoms with Crippen LogP contribution in [0.4, 0.5) is 5.82 Å². The molecular formula is C18H27N5O. The summed E-state index contributed by atoms with van der Waals surface area (Å²) in [6, 6.07) is 2.30. The Morgan fingerprint density at radius 1 is 1.29 bits per heavy atom. The summed E-state index contributed by atoms with van der Waals surface area (Å²) in [4.78, 5) is 19.7. The van der Waals surface area contributed by atoms with Crippen LogP contribution in [-0.2, 0) is 16.8 Å². The highest BCUT2D eigenvalue weighted by Gasteiger charge is 2.29. The Bertz CT molecular complexity index is 663. The minimum atomic E-state index is -0.103. The number of imidazole rings is 1. The van der Waals surface area contributed by atoms with Crippen molar-refractivity contribution in [2.24, 2.45) is 0 Å². The van der Waals surface area contributed by atoms with Crippen molar-refractivity contribution in [1.82, 2.24) is 19.9 Å². The van der Waals surface area contributed by atoms with Gasteiger partial charge in [0.05, 0.1) is 18.3 Å². The molecule has 0 spiro atoms. The second-order valence-corrected chi connectivity index (χ2v) is 7.40. The molecule has 0 saturated carbocycles. The second kappa shape index (κ2) is 6.89. The van der Waals surface area contributed by atoms with Crippen LogP contribution in [0.2, 0.25) is 0 Å². The highest BCUT2D eigenvalue weighted by atomic mass is 16.5. The van der Waals surface area contributed by atoms with E-state index in [0.29, 0.717) is 6.61 Å². The number of hydrogen-bond donors (Lipinski definition) is 1. The summed E-state index contributed by atoms with van der Waals surface area (Å²) in [7, 11) is 1.70. The van der Waals surface area contributed by atoms with Gasteiger partial charge >= 0.3 is 0 Å². The quantitative estimate of drug-likeness (QED) is 0.931. The lowest BCUT2D eigenvalue weighted by Gasteiger charge is -2.36. The first-order chi connectivity index (χ1) is 11.5. The Kier molecular flexibility index (Phi) is 4.85. The van der Waals surface area contributed by atoms with Gasteiger partial charge in [-0.15, -0.1) is 0 Å². The molecule has 1 saturated heterocycles. The molecule has 6 heteroatoms. The molecular weight excluding hydrogens is 302 g/mol. The summed E-state index contributed by atoms with van der Waals surface area (Å²) in [6.45, 7) is 7.91. The average Bonchev–Trinajstić information content (AvgIpc) is 3.08. The van der Waals surface area contributed by atoms with E-state index in [1.54, 1.807) is 7.11 Å². The van der Waals surface area contributed by atoms with Crippen molar-refractivity contribution < 1.29 is 4.74 Å². The van der Waals surface area contributed by atoms with Gasteiger partial charge in [0.25, 0.3) is 0 Å². The lowest BCUT2D eigenvalue weighted by Crippen LogP contribution is -2.35. The molecule has 0 aliphatic carbocycles. The zero-order valence-corrected chi connectivity index (χ0v) is 15.0. The first-order valence-electron chi connectivity index (χ1n) is 8.62. The Morgan fingerprint density at radius 3 is 2.79 bits per heavy atom. The molecule has 0 bridgehead atoms. The Morgan fingerprint density at radius 2 is 2.12 bits per heavy atom. The monoisotopic (exact) mass is 329 g/mol. The highest BCUT2D eigenvalue weighted by Crippen LogP contribution is 2.33. The Balaban J connectivity index is 2.00. The van der Waals surface area contributed by atoms with Crippen LogP contribution in [0.1, 0.15) is 63.4 Å². The maximum absolute atomic E-state index is 5.31. The van der Waals surface area contributed by atoms with E-state index in [0.717, 1.165) is 36.1 Å². The van der Waals surface area contributed by atoms with Crippen LogP contribution >= 0.6 is 0 Å². The molecule has 1 unspecified atom stereocenters. The molecule has 1 N–H and O–H groups in total. The molecule has 2 aromatic rings. The van der Waals surface area contributed by atoms with Crippen LogP contribution in [-0.4, -0.2) is 33.6 Å². The zero-order chi connectivity index (χ0) is 17.2. The summed E-state index contributed by atoms with van der Waals surface area (Å²) in [5, 5.41) is 0. The Labute approximate surface area is 143 Å². The van der Waals surface area contributed by atoms with Crippen molar-refractivity contribution in [3.05, 3.63) is 35.8 Å². The summed E-state index contributed by atoms with van der Waals surface area (Å²) in [5.74, 6) is 2.85. The van der Waals surface area contributed by atoms with E-state index >= 15 is 0 Å². The van der Waals surface area contributed by atoms with Crippen molar-refractivity contribution in [1.29, 1.82) is 0 Å². The van der Waals surface area contributed by atoms with Crippen molar-refractivity contribution in [3.63, 3.8) is 0 Å². The number of rotatable bonds is 4. The molecule has 1 fully saturated rings. The van der Waals surface area contributed by atoms with Gasteiger partial charge in [0.15, 0.2) is 0 Å². The van der Waals surface area contributed by atoms with Crippen LogP contribution < -0.4 is 4.90 Å². The molecule has 0 radical (unpaired) electrons. The van der Waals surface area contributed by atoms with Gasteiger partial charge in [0.2, 0.25) is 0 Å². The number of methoxy groups -OCH3 is 1. The first kappa shape index (κ1) is 16.9. The smallest absolute Gasteiger partial charge is 0.136 e. The number of aromatic amines is 1. The standard InChI is InChI=1S/C18H27N5O/c1-18(2,3)17-21-13(12-24-4)11-15(22-17)23-10-6-5-7-14(23)16-19-8-9-20-16/h8-9,11,14H,5-7,10,12H2,1-4H3,(H,19,20). The molecule has 2 aromatic heterocycles. The fourth-order valence-electron chi connectivity index (χ4n) is 3.14. The van der Waals surface area contributed by atoms with Gasteiger partial charge in [-0.3, -0.25) is 0 Å². The van der Waals surface area contributed by atoms with Crippen LogP contribution in [0.25, 0.3) is 0 Å². The Hall–Kier alpha value is -1.95. The first-order valence-corrected chi connectivity index (χ1v) is 8.62. The predicted molar refractivity (Wildman–Crippen MR) is 94.0 cm³/mol. The van der Waals surface area contributed by atoms with E-state index in [-0.39, 0.29) is 11.5 Å². The number of aromatic nitrogens is 4. The van der Waals surface area contributed by atoms with Gasteiger partial charge in [-0.25, -0.2) is 15.0 Å². The lowest BCUT2D eigenvalue weighted by molar-refractivity contribution is 0.181. The molecule has 1 atom stereocenters. The van der Waals surface area contributed by atoms with Crippen molar-refractivity contribution in [3.8, 4) is 0 Å². The fraction of sp³-hybridized carbons (Fsp3) is 0.611. The van der Waals surface area contributed by atoms with Gasteiger partial charge in [-0.2, -0.15) is 0 Å². The van der Waals surface area contributed by atoms with Gasteiger partial charge in [-0.1, -0.05) is 20.8 Å². The summed E-state index contributed by atoms with van der Waals surface area (Å²) < 4.78 is 5.31. The fourth-order valence-corrected chi connectivity index (χ4v) is 3.14. The van der Waals surface area contributed by atoms with Crippen molar-refractivity contribution in [2.45, 2.75) is 58.1 Å². The third-order valence-electron chi connectivity index (χ3n) is 4.36. The van der Waals surface area contributed by atoms with Gasteiger partial charge in [0, 0.05) is 37.5 Å². The SMILES string of the molecule is COCc1cc(N2CCCCC2c2ncc[nH]2)nc(C(C)(C)C)n1. The summed E-state index contributed by atoms with van der Waals surface area (Å²) >= 11 is 0. The zero-order valence-electron chi connectivity index (χ0n) is 15.0. The van der Waals surface area contributed by atoms with E-state index in [1.807, 2.05) is 12.4 Å². The van der Waals surface area contributed by atoms with E-state index in [4.69, 9.17) is 14.7 Å². The minimum Gasteiger partial charge on any atom is -0.378 e. The number of piperidine rings is 1. The van der Waals surface area contributed by atoms with Crippen molar-refractivity contribution in [2.75, 3.05) is 18.6 Å². The molecule has 130 valence electrons. The summed E-state index contributed by atoms with van der Waals surface area (Å²) in [6.07, 6.45) is 7.18. The van der Waals surface area contributed by atoms with Crippen LogP contribution in [0.5, 0.6) is 0 Å². The number of hydrogen-bond acceptors (Lipinski definition) is 5. The predicted octanol–water partition coefficient (Wildman–Crippen LogP) is 3.38. The van der Waals surface area contributed by atoms with Crippen molar-refractivity contribution >= 4 is 5.82 Å². The molecule has 3 heterocycles. The van der Waals surface area contributed by atoms with Gasteiger partial charge < -0.3 is 14.6 Å². The number of nitrogens with zero attached hydrogens (tertiary/aromatic N) is 4. The third-order valence-corrected chi connectivity index (χ3v) is 4.36. The molecule has 0 aromatic carbocycles. The molecule has 6 nitrogen and oxygen atoms in total. The maximum atomic E-state index is 5.31. The number of H-pyrrole nitrogens is 1. The topological polar surface area (TPSA) is 66.9 Å². The minimum absolute atomic E-state index is 0.103. The van der Waals surface area contributed by atoms with Crippen LogP contribution in [0.15, 0.2) is 18.5 Å². The largest absolute Gasteiger partial charge is 0.378 e. The lowest BCUT2D eigenvalue weighted by atomic mass is 9.95. The normalized spacial score (nSPS) is 18.8. The second-order valence-electron chi connectivity index (χ2n) is 7.40. The van der Waals surface area contributed by atoms with Gasteiger partial charge in [0.1, 0.15) is 17.5 Å².